The van der Waals surface area contributed by atoms with Crippen LogP contribution in [-0.4, -0.2) is 39.1 Å². The predicted octanol–water partition coefficient (Wildman–Crippen LogP) is 0.863. The van der Waals surface area contributed by atoms with Crippen molar-refractivity contribution in [3.05, 3.63) is 22.8 Å². The van der Waals surface area contributed by atoms with E-state index < -0.39 is 23.8 Å². The summed E-state index contributed by atoms with van der Waals surface area (Å²) in [5.41, 5.74) is 2.11. The van der Waals surface area contributed by atoms with Gasteiger partial charge in [-0.15, -0.1) is 0 Å². The van der Waals surface area contributed by atoms with Gasteiger partial charge < -0.3 is 24.8 Å². The molecule has 7 heteroatoms. The minimum absolute atomic E-state index is 0.0733. The zero-order valence-corrected chi connectivity index (χ0v) is 11.8. The second kappa shape index (κ2) is 4.92. The summed E-state index contributed by atoms with van der Waals surface area (Å²) in [5.74, 6) is -6.07. The van der Waals surface area contributed by atoms with Crippen LogP contribution in [0.5, 0.6) is 11.5 Å². The Hall–Kier alpha value is -2.28. The summed E-state index contributed by atoms with van der Waals surface area (Å²) in [6.07, 6.45) is -0.243. The number of aryl methyl sites for hydroxylation is 1. The van der Waals surface area contributed by atoms with Crippen molar-refractivity contribution in [1.29, 1.82) is 0 Å². The van der Waals surface area contributed by atoms with Gasteiger partial charge in [0.25, 0.3) is 0 Å². The minimum atomic E-state index is -2.76. The molecule has 0 aromatic heterocycles. The number of rotatable bonds is 4. The second-order valence-corrected chi connectivity index (χ2v) is 5.11. The first-order chi connectivity index (χ1) is 9.69. The van der Waals surface area contributed by atoms with E-state index in [2.05, 4.69) is 0 Å². The Morgan fingerprint density at radius 3 is 2.29 bits per heavy atom. The van der Waals surface area contributed by atoms with Crippen molar-refractivity contribution in [2.45, 2.75) is 39.1 Å². The quantitative estimate of drug-likeness (QED) is 0.706. The number of carboxylic acid groups (broad SMARTS) is 2. The van der Waals surface area contributed by atoms with Crippen LogP contribution in [0.1, 0.15) is 23.6 Å². The van der Waals surface area contributed by atoms with Crippen LogP contribution in [0.25, 0.3) is 0 Å². The summed E-state index contributed by atoms with van der Waals surface area (Å²) in [5, 5.41) is 27.7. The minimum Gasteiger partial charge on any atom is -0.475 e. The molecule has 0 aliphatic carbocycles. The maximum atomic E-state index is 11.2. The monoisotopic (exact) mass is 296 g/mol. The van der Waals surface area contributed by atoms with Crippen molar-refractivity contribution >= 4 is 11.9 Å². The maximum absolute atomic E-state index is 11.2. The molecule has 0 amide bonds. The van der Waals surface area contributed by atoms with E-state index in [0.717, 1.165) is 11.1 Å². The molecule has 0 saturated carbocycles. The van der Waals surface area contributed by atoms with E-state index in [1.54, 1.807) is 20.8 Å². The number of aliphatic hydroxyl groups excluding tert-OH is 1. The molecule has 0 saturated heterocycles. The molecule has 1 aliphatic rings. The molecule has 0 unspecified atom stereocenters. The van der Waals surface area contributed by atoms with E-state index in [0.29, 0.717) is 12.0 Å². The lowest BCUT2D eigenvalue weighted by Gasteiger charge is -2.17. The largest absolute Gasteiger partial charge is 0.475 e. The van der Waals surface area contributed by atoms with Crippen molar-refractivity contribution in [2.24, 2.45) is 0 Å². The van der Waals surface area contributed by atoms with Crippen LogP contribution in [0, 0.1) is 13.8 Å². The smallest absolute Gasteiger partial charge is 0.453 e. The molecule has 114 valence electrons. The third-order valence-electron chi connectivity index (χ3n) is 3.40. The van der Waals surface area contributed by atoms with E-state index in [4.69, 9.17) is 19.7 Å². The highest BCUT2D eigenvalue weighted by atomic mass is 16.8. The van der Waals surface area contributed by atoms with Gasteiger partial charge in [0.05, 0.1) is 6.10 Å². The van der Waals surface area contributed by atoms with Gasteiger partial charge in [0.15, 0.2) is 11.5 Å². The van der Waals surface area contributed by atoms with Crippen LogP contribution >= 0.6 is 0 Å². The lowest BCUT2D eigenvalue weighted by Crippen LogP contribution is -2.54. The summed E-state index contributed by atoms with van der Waals surface area (Å²) >= 11 is 0. The fourth-order valence-corrected chi connectivity index (χ4v) is 2.36. The number of hydrogen-bond donors (Lipinski definition) is 3. The molecule has 0 spiro atoms. The summed E-state index contributed by atoms with van der Waals surface area (Å²) < 4.78 is 10.2. The van der Waals surface area contributed by atoms with Crippen LogP contribution in [0.3, 0.4) is 0 Å². The Bertz CT molecular complexity index is 604. The van der Waals surface area contributed by atoms with Crippen molar-refractivity contribution in [3.8, 4) is 11.5 Å². The molecule has 1 aromatic rings. The number of benzene rings is 1. The fourth-order valence-electron chi connectivity index (χ4n) is 2.36. The van der Waals surface area contributed by atoms with E-state index in [1.807, 2.05) is 0 Å². The third kappa shape index (κ3) is 2.29. The van der Waals surface area contributed by atoms with E-state index in [9.17, 15) is 14.7 Å². The molecule has 1 aromatic carbocycles. The Balaban J connectivity index is 2.53. The Kier molecular flexibility index (Phi) is 3.54. The topological polar surface area (TPSA) is 113 Å². The van der Waals surface area contributed by atoms with Crippen LogP contribution in [0.4, 0.5) is 0 Å². The van der Waals surface area contributed by atoms with Gasteiger partial charge in [-0.3, -0.25) is 0 Å². The van der Waals surface area contributed by atoms with Gasteiger partial charge in [0.1, 0.15) is 0 Å². The average Bonchev–Trinajstić information content (AvgIpc) is 2.75. The third-order valence-corrected chi connectivity index (χ3v) is 3.40. The predicted molar refractivity (Wildman–Crippen MR) is 70.6 cm³/mol. The molecule has 0 radical (unpaired) electrons. The van der Waals surface area contributed by atoms with Crippen molar-refractivity contribution in [2.75, 3.05) is 0 Å². The van der Waals surface area contributed by atoms with E-state index in [1.165, 1.54) is 6.07 Å². The van der Waals surface area contributed by atoms with Gasteiger partial charge in [0.2, 0.25) is 0 Å². The van der Waals surface area contributed by atoms with Gasteiger partial charge in [-0.1, -0.05) is 0 Å². The van der Waals surface area contributed by atoms with Gasteiger partial charge in [-0.05, 0) is 49.9 Å². The van der Waals surface area contributed by atoms with Crippen molar-refractivity contribution < 1.29 is 34.4 Å². The van der Waals surface area contributed by atoms with Crippen LogP contribution in [0.15, 0.2) is 6.07 Å². The molecule has 1 aliphatic heterocycles. The normalized spacial score (nSPS) is 16.6. The standard InChI is InChI=1S/C14H16O7/c1-6-4-10-11(8(3)9(6)5-7(2)15)21-14(20-10,12(16)17)13(18)19/h4,7,15H,5H2,1-3H3,(H,16,17)(H,18,19)/t7-/m1/s1. The highest BCUT2D eigenvalue weighted by Gasteiger charge is 2.58. The summed E-state index contributed by atoms with van der Waals surface area (Å²) in [7, 11) is 0. The molecule has 0 bridgehead atoms. The Morgan fingerprint density at radius 2 is 1.81 bits per heavy atom. The number of carbonyl (C=O) groups is 2. The van der Waals surface area contributed by atoms with Crippen LogP contribution < -0.4 is 9.47 Å². The number of ether oxygens (including phenoxy) is 2. The maximum Gasteiger partial charge on any atom is 0.453 e. The lowest BCUT2D eigenvalue weighted by atomic mass is 9.96. The Labute approximate surface area is 120 Å². The SMILES string of the molecule is Cc1cc2c(c(C)c1C[C@@H](C)O)OC(C(=O)O)(C(=O)O)O2. The molecule has 2 rings (SSSR count). The molecule has 0 fully saturated rings. The lowest BCUT2D eigenvalue weighted by molar-refractivity contribution is -0.194. The van der Waals surface area contributed by atoms with Crippen LogP contribution in [-0.2, 0) is 16.0 Å². The average molecular weight is 296 g/mol. The number of hydrogen-bond acceptors (Lipinski definition) is 5. The van der Waals surface area contributed by atoms with Gasteiger partial charge in [0, 0.05) is 0 Å². The summed E-state index contributed by atoms with van der Waals surface area (Å²) in [6.45, 7) is 5.07. The summed E-state index contributed by atoms with van der Waals surface area (Å²) in [6, 6.07) is 1.52. The van der Waals surface area contributed by atoms with Crippen molar-refractivity contribution in [1.82, 2.24) is 0 Å². The molecular weight excluding hydrogens is 280 g/mol. The molecule has 21 heavy (non-hydrogen) atoms. The molecule has 1 atom stereocenters. The van der Waals surface area contributed by atoms with Gasteiger partial charge in [-0.2, -0.15) is 0 Å². The molecular formula is C14H16O7. The highest BCUT2D eigenvalue weighted by Crippen LogP contribution is 2.44. The highest BCUT2D eigenvalue weighted by molar-refractivity contribution is 6.01. The van der Waals surface area contributed by atoms with Gasteiger partial charge >= 0.3 is 17.7 Å². The zero-order valence-electron chi connectivity index (χ0n) is 11.8. The first-order valence-electron chi connectivity index (χ1n) is 6.35. The summed E-state index contributed by atoms with van der Waals surface area (Å²) in [4.78, 5) is 22.4. The number of carboxylic acids is 2. The number of aliphatic carboxylic acids is 2. The zero-order chi connectivity index (χ0) is 15.9. The first kappa shape index (κ1) is 15.1. The molecule has 7 nitrogen and oxygen atoms in total. The second-order valence-electron chi connectivity index (χ2n) is 5.11. The van der Waals surface area contributed by atoms with Crippen LogP contribution in [0.2, 0.25) is 0 Å². The fraction of sp³-hybridized carbons (Fsp3) is 0.429. The van der Waals surface area contributed by atoms with Crippen molar-refractivity contribution in [3.63, 3.8) is 0 Å². The molecule has 1 heterocycles. The number of fused-ring (bicyclic) bond motifs is 1. The Morgan fingerprint density at radius 1 is 1.24 bits per heavy atom. The van der Waals surface area contributed by atoms with E-state index in [-0.39, 0.29) is 11.5 Å². The van der Waals surface area contributed by atoms with Gasteiger partial charge in [-0.25, -0.2) is 9.59 Å². The van der Waals surface area contributed by atoms with E-state index >= 15 is 0 Å². The molecule has 3 N–H and O–H groups in total. The number of aliphatic hydroxyl groups is 1. The first-order valence-corrected chi connectivity index (χ1v) is 6.35.